The summed E-state index contributed by atoms with van der Waals surface area (Å²) in [6.07, 6.45) is 4.95. The number of hydrogen-bond acceptors (Lipinski definition) is 4. The van der Waals surface area contributed by atoms with E-state index in [2.05, 4.69) is 10.5 Å². The molecule has 0 atom stereocenters. The fourth-order valence-corrected chi connectivity index (χ4v) is 2.20. The Labute approximate surface area is 100 Å². The molecule has 1 aliphatic carbocycles. The second-order valence-electron chi connectivity index (χ2n) is 4.41. The number of benzene rings is 1. The molecule has 5 heteroatoms. The van der Waals surface area contributed by atoms with Gasteiger partial charge in [-0.1, -0.05) is 18.0 Å². The Kier molecular flexibility index (Phi) is 3.37. The Morgan fingerprint density at radius 3 is 2.65 bits per heavy atom. The van der Waals surface area contributed by atoms with Crippen molar-refractivity contribution in [2.75, 3.05) is 11.1 Å². The lowest BCUT2D eigenvalue weighted by Crippen LogP contribution is -2.17. The van der Waals surface area contributed by atoms with Gasteiger partial charge in [0.1, 0.15) is 0 Å². The van der Waals surface area contributed by atoms with Crippen LogP contribution in [0.2, 0.25) is 0 Å². The summed E-state index contributed by atoms with van der Waals surface area (Å²) in [6.45, 7) is 0. The van der Waals surface area contributed by atoms with E-state index in [0.717, 1.165) is 5.69 Å². The van der Waals surface area contributed by atoms with Crippen LogP contribution in [0, 0.1) is 0 Å². The van der Waals surface area contributed by atoms with E-state index in [1.807, 2.05) is 6.07 Å². The molecule has 1 aromatic carbocycles. The van der Waals surface area contributed by atoms with Crippen LogP contribution in [-0.4, -0.2) is 17.1 Å². The summed E-state index contributed by atoms with van der Waals surface area (Å²) < 4.78 is 0. The Morgan fingerprint density at radius 1 is 1.35 bits per heavy atom. The fourth-order valence-electron chi connectivity index (χ4n) is 2.20. The lowest BCUT2D eigenvalue weighted by molar-refractivity contribution is 0.318. The quantitative estimate of drug-likeness (QED) is 0.210. The lowest BCUT2D eigenvalue weighted by atomic mass is 10.1. The highest BCUT2D eigenvalue weighted by molar-refractivity contribution is 5.98. The van der Waals surface area contributed by atoms with Gasteiger partial charge in [-0.3, -0.25) is 0 Å². The molecule has 1 saturated carbocycles. The van der Waals surface area contributed by atoms with Gasteiger partial charge < -0.3 is 22.0 Å². The van der Waals surface area contributed by atoms with Crippen LogP contribution in [0.4, 0.5) is 11.4 Å². The molecule has 0 aromatic heterocycles. The summed E-state index contributed by atoms with van der Waals surface area (Å²) in [5, 5.41) is 15.0. The smallest absolute Gasteiger partial charge is 0.170 e. The average molecular weight is 234 g/mol. The molecule has 0 unspecified atom stereocenters. The third-order valence-electron chi connectivity index (χ3n) is 3.17. The highest BCUT2D eigenvalue weighted by atomic mass is 16.4. The summed E-state index contributed by atoms with van der Waals surface area (Å²) in [6, 6.07) is 5.91. The van der Waals surface area contributed by atoms with Crippen molar-refractivity contribution in [3.63, 3.8) is 0 Å². The van der Waals surface area contributed by atoms with Crippen molar-refractivity contribution < 1.29 is 5.21 Å². The van der Waals surface area contributed by atoms with E-state index in [1.54, 1.807) is 12.1 Å². The molecule has 1 aliphatic rings. The zero-order valence-electron chi connectivity index (χ0n) is 9.69. The number of amidine groups is 1. The summed E-state index contributed by atoms with van der Waals surface area (Å²) in [7, 11) is 0. The summed E-state index contributed by atoms with van der Waals surface area (Å²) in [5.74, 6) is 0.0733. The number of nitrogens with two attached hydrogens (primary N) is 2. The zero-order valence-corrected chi connectivity index (χ0v) is 9.69. The van der Waals surface area contributed by atoms with Crippen molar-refractivity contribution >= 4 is 17.2 Å². The second-order valence-corrected chi connectivity index (χ2v) is 4.41. The van der Waals surface area contributed by atoms with Crippen LogP contribution >= 0.6 is 0 Å². The molecule has 92 valence electrons. The topological polar surface area (TPSA) is 96.7 Å². The van der Waals surface area contributed by atoms with Gasteiger partial charge in [0, 0.05) is 11.6 Å². The molecule has 0 amide bonds. The molecule has 6 N–H and O–H groups in total. The molecule has 0 bridgehead atoms. The van der Waals surface area contributed by atoms with Crippen LogP contribution < -0.4 is 16.8 Å². The molecule has 0 saturated heterocycles. The first-order valence-corrected chi connectivity index (χ1v) is 5.84. The van der Waals surface area contributed by atoms with Gasteiger partial charge in [0.15, 0.2) is 5.84 Å². The van der Waals surface area contributed by atoms with Gasteiger partial charge in [0.25, 0.3) is 0 Å². The maximum atomic E-state index is 8.58. The van der Waals surface area contributed by atoms with E-state index < -0.39 is 0 Å². The largest absolute Gasteiger partial charge is 0.409 e. The maximum absolute atomic E-state index is 8.58. The summed E-state index contributed by atoms with van der Waals surface area (Å²) in [4.78, 5) is 0. The van der Waals surface area contributed by atoms with E-state index in [4.69, 9.17) is 16.7 Å². The van der Waals surface area contributed by atoms with Crippen molar-refractivity contribution in [2.24, 2.45) is 10.9 Å². The van der Waals surface area contributed by atoms with Gasteiger partial charge in [-0.05, 0) is 31.0 Å². The van der Waals surface area contributed by atoms with Crippen molar-refractivity contribution in [1.82, 2.24) is 0 Å². The SMILES string of the molecule is N/C(=N\O)c1ccc(NC2CCCC2)c(N)c1. The summed E-state index contributed by atoms with van der Waals surface area (Å²) >= 11 is 0. The predicted molar refractivity (Wildman–Crippen MR) is 69.2 cm³/mol. The summed E-state index contributed by atoms with van der Waals surface area (Å²) in [5.41, 5.74) is 13.6. The van der Waals surface area contributed by atoms with Crippen molar-refractivity contribution in [3.05, 3.63) is 23.8 Å². The van der Waals surface area contributed by atoms with Crippen LogP contribution in [-0.2, 0) is 0 Å². The fraction of sp³-hybridized carbons (Fsp3) is 0.417. The number of nitrogens with zero attached hydrogens (tertiary/aromatic N) is 1. The van der Waals surface area contributed by atoms with Gasteiger partial charge in [-0.15, -0.1) is 0 Å². The minimum atomic E-state index is 0.0733. The third kappa shape index (κ3) is 2.61. The van der Waals surface area contributed by atoms with Crippen LogP contribution in [0.5, 0.6) is 0 Å². The van der Waals surface area contributed by atoms with Gasteiger partial charge in [0.2, 0.25) is 0 Å². The second kappa shape index (κ2) is 4.95. The van der Waals surface area contributed by atoms with E-state index in [9.17, 15) is 0 Å². The molecule has 5 nitrogen and oxygen atoms in total. The predicted octanol–water partition coefficient (Wildman–Crippen LogP) is 1.72. The highest BCUT2D eigenvalue weighted by Gasteiger charge is 2.15. The molecular weight excluding hydrogens is 216 g/mol. The average Bonchev–Trinajstić information content (AvgIpc) is 2.83. The van der Waals surface area contributed by atoms with Crippen molar-refractivity contribution in [1.29, 1.82) is 0 Å². The third-order valence-corrected chi connectivity index (χ3v) is 3.17. The number of oxime groups is 1. The standard InChI is InChI=1S/C12H18N4O/c13-10-7-8(12(14)16-17)5-6-11(10)15-9-3-1-2-4-9/h5-7,9,15,17H,1-4,13H2,(H2,14,16). The lowest BCUT2D eigenvalue weighted by Gasteiger charge is -2.15. The molecular formula is C12H18N4O. The van der Waals surface area contributed by atoms with Gasteiger partial charge in [0.05, 0.1) is 11.4 Å². The Morgan fingerprint density at radius 2 is 2.06 bits per heavy atom. The molecule has 0 spiro atoms. The van der Waals surface area contributed by atoms with Gasteiger partial charge in [-0.2, -0.15) is 0 Å². The number of anilines is 2. The van der Waals surface area contributed by atoms with E-state index in [-0.39, 0.29) is 5.84 Å². The van der Waals surface area contributed by atoms with E-state index in [0.29, 0.717) is 17.3 Å². The van der Waals surface area contributed by atoms with Crippen LogP contribution in [0.3, 0.4) is 0 Å². The Balaban J connectivity index is 2.13. The van der Waals surface area contributed by atoms with Crippen molar-refractivity contribution in [2.45, 2.75) is 31.7 Å². The first-order valence-electron chi connectivity index (χ1n) is 5.84. The minimum absolute atomic E-state index is 0.0733. The van der Waals surface area contributed by atoms with Crippen LogP contribution in [0.1, 0.15) is 31.2 Å². The highest BCUT2D eigenvalue weighted by Crippen LogP contribution is 2.26. The zero-order chi connectivity index (χ0) is 12.3. The molecule has 1 fully saturated rings. The number of nitrogens with one attached hydrogen (secondary N) is 1. The maximum Gasteiger partial charge on any atom is 0.170 e. The number of nitrogen functional groups attached to an aromatic ring is 1. The molecule has 0 heterocycles. The molecule has 0 aliphatic heterocycles. The monoisotopic (exact) mass is 234 g/mol. The Bertz CT molecular complexity index is 425. The number of rotatable bonds is 3. The van der Waals surface area contributed by atoms with Crippen LogP contribution in [0.15, 0.2) is 23.4 Å². The first-order chi connectivity index (χ1) is 8.20. The molecule has 0 radical (unpaired) electrons. The van der Waals surface area contributed by atoms with E-state index in [1.165, 1.54) is 25.7 Å². The van der Waals surface area contributed by atoms with Gasteiger partial charge >= 0.3 is 0 Å². The molecule has 17 heavy (non-hydrogen) atoms. The van der Waals surface area contributed by atoms with Crippen molar-refractivity contribution in [3.8, 4) is 0 Å². The molecule has 2 rings (SSSR count). The Hall–Kier alpha value is -1.91. The van der Waals surface area contributed by atoms with Gasteiger partial charge in [-0.25, -0.2) is 0 Å². The normalized spacial score (nSPS) is 17.3. The van der Waals surface area contributed by atoms with Crippen LogP contribution in [0.25, 0.3) is 0 Å². The number of hydrogen-bond donors (Lipinski definition) is 4. The first kappa shape index (κ1) is 11.6. The van der Waals surface area contributed by atoms with E-state index >= 15 is 0 Å². The molecule has 1 aromatic rings. The minimum Gasteiger partial charge on any atom is -0.409 e.